The standard InChI is InChI=1S/C12H14FN5/c13-11-4-2-1-3-10(11)12-15-16-17-18(12)9-5-7-14-8-6-9/h1-4,9,14H,5-8H2. The number of nitrogens with zero attached hydrogens (tertiary/aromatic N) is 4. The molecule has 3 rings (SSSR count). The van der Waals surface area contributed by atoms with Gasteiger partial charge in [-0.05, 0) is 48.5 Å². The summed E-state index contributed by atoms with van der Waals surface area (Å²) in [5.74, 6) is 0.225. The number of tetrazole rings is 1. The van der Waals surface area contributed by atoms with E-state index in [1.54, 1.807) is 22.9 Å². The molecule has 5 nitrogen and oxygen atoms in total. The van der Waals surface area contributed by atoms with Crippen LogP contribution in [0.2, 0.25) is 0 Å². The molecule has 0 aliphatic carbocycles. The van der Waals surface area contributed by atoms with Gasteiger partial charge in [-0.2, -0.15) is 0 Å². The molecule has 1 fully saturated rings. The van der Waals surface area contributed by atoms with Crippen LogP contribution >= 0.6 is 0 Å². The van der Waals surface area contributed by atoms with Gasteiger partial charge in [0.25, 0.3) is 0 Å². The number of nitrogens with one attached hydrogen (secondary N) is 1. The first-order chi connectivity index (χ1) is 8.86. The molecule has 0 amide bonds. The Morgan fingerprint density at radius 2 is 2.00 bits per heavy atom. The molecule has 0 atom stereocenters. The van der Waals surface area contributed by atoms with Gasteiger partial charge in [0.05, 0.1) is 11.6 Å². The van der Waals surface area contributed by atoms with Gasteiger partial charge in [0, 0.05) is 0 Å². The maximum atomic E-state index is 13.8. The molecule has 18 heavy (non-hydrogen) atoms. The van der Waals surface area contributed by atoms with Gasteiger partial charge in [0.15, 0.2) is 5.82 Å². The molecule has 0 bridgehead atoms. The van der Waals surface area contributed by atoms with Crippen molar-refractivity contribution < 1.29 is 4.39 Å². The van der Waals surface area contributed by atoms with Gasteiger partial charge in [-0.3, -0.25) is 0 Å². The molecule has 6 heteroatoms. The molecule has 94 valence electrons. The van der Waals surface area contributed by atoms with Crippen LogP contribution in [-0.2, 0) is 0 Å². The zero-order valence-electron chi connectivity index (χ0n) is 9.88. The first-order valence-corrected chi connectivity index (χ1v) is 6.10. The summed E-state index contributed by atoms with van der Waals surface area (Å²) in [6.45, 7) is 1.89. The van der Waals surface area contributed by atoms with E-state index in [2.05, 4.69) is 20.8 Å². The Bertz CT molecular complexity index is 533. The lowest BCUT2D eigenvalue weighted by molar-refractivity contribution is 0.340. The Kier molecular flexibility index (Phi) is 3.02. The average Bonchev–Trinajstić information content (AvgIpc) is 2.89. The summed E-state index contributed by atoms with van der Waals surface area (Å²) in [5.41, 5.74) is 0.459. The summed E-state index contributed by atoms with van der Waals surface area (Å²) >= 11 is 0. The topological polar surface area (TPSA) is 55.6 Å². The second kappa shape index (κ2) is 4.81. The molecule has 1 aromatic heterocycles. The molecule has 0 radical (unpaired) electrons. The van der Waals surface area contributed by atoms with E-state index in [0.717, 1.165) is 25.9 Å². The molecule has 1 N–H and O–H groups in total. The van der Waals surface area contributed by atoms with Crippen molar-refractivity contribution >= 4 is 0 Å². The van der Waals surface area contributed by atoms with E-state index in [1.807, 2.05) is 0 Å². The van der Waals surface area contributed by atoms with Gasteiger partial charge in [0.2, 0.25) is 0 Å². The van der Waals surface area contributed by atoms with Crippen LogP contribution in [0.5, 0.6) is 0 Å². The van der Waals surface area contributed by atoms with E-state index in [0.29, 0.717) is 11.4 Å². The van der Waals surface area contributed by atoms with Crippen molar-refractivity contribution in [3.63, 3.8) is 0 Å². The predicted octanol–water partition coefficient (Wildman–Crippen LogP) is 1.40. The van der Waals surface area contributed by atoms with E-state index in [1.165, 1.54) is 6.07 Å². The molecule has 2 aromatic rings. The largest absolute Gasteiger partial charge is 0.317 e. The highest BCUT2D eigenvalue weighted by Crippen LogP contribution is 2.25. The number of halogens is 1. The third kappa shape index (κ3) is 1.99. The van der Waals surface area contributed by atoms with Crippen LogP contribution in [0.25, 0.3) is 11.4 Å². The van der Waals surface area contributed by atoms with Crippen molar-refractivity contribution in [2.75, 3.05) is 13.1 Å². The Morgan fingerprint density at radius 3 is 2.78 bits per heavy atom. The summed E-state index contributed by atoms with van der Waals surface area (Å²) in [6, 6.07) is 6.84. The number of hydrogen-bond donors (Lipinski definition) is 1. The summed E-state index contributed by atoms with van der Waals surface area (Å²) in [7, 11) is 0. The van der Waals surface area contributed by atoms with Crippen LogP contribution in [0.15, 0.2) is 24.3 Å². The molecule has 1 aromatic carbocycles. The molecule has 0 unspecified atom stereocenters. The normalized spacial score (nSPS) is 16.9. The summed E-state index contributed by atoms with van der Waals surface area (Å²) < 4.78 is 15.5. The highest BCUT2D eigenvalue weighted by atomic mass is 19.1. The van der Waals surface area contributed by atoms with E-state index in [-0.39, 0.29) is 11.9 Å². The van der Waals surface area contributed by atoms with Crippen LogP contribution in [-0.4, -0.2) is 33.3 Å². The summed E-state index contributed by atoms with van der Waals surface area (Å²) in [4.78, 5) is 0. The second-order valence-corrected chi connectivity index (χ2v) is 4.41. The Hall–Kier alpha value is -1.82. The fourth-order valence-corrected chi connectivity index (χ4v) is 2.31. The minimum absolute atomic E-state index is 0.246. The maximum Gasteiger partial charge on any atom is 0.185 e. The fraction of sp³-hybridized carbons (Fsp3) is 0.417. The molecule has 1 aliphatic heterocycles. The highest BCUT2D eigenvalue weighted by Gasteiger charge is 2.21. The molecule has 1 saturated heterocycles. The third-order valence-corrected chi connectivity index (χ3v) is 3.26. The van der Waals surface area contributed by atoms with Crippen molar-refractivity contribution in [1.82, 2.24) is 25.5 Å². The number of rotatable bonds is 2. The zero-order chi connectivity index (χ0) is 12.4. The first-order valence-electron chi connectivity index (χ1n) is 6.10. The van der Waals surface area contributed by atoms with E-state index < -0.39 is 0 Å². The van der Waals surface area contributed by atoms with Crippen LogP contribution in [0.4, 0.5) is 4.39 Å². The van der Waals surface area contributed by atoms with Crippen LogP contribution in [0.3, 0.4) is 0 Å². The lowest BCUT2D eigenvalue weighted by Gasteiger charge is -2.23. The number of benzene rings is 1. The van der Waals surface area contributed by atoms with E-state index in [9.17, 15) is 4.39 Å². The Balaban J connectivity index is 1.98. The van der Waals surface area contributed by atoms with Gasteiger partial charge in [-0.15, -0.1) is 5.10 Å². The van der Waals surface area contributed by atoms with Crippen LogP contribution in [0, 0.1) is 5.82 Å². The van der Waals surface area contributed by atoms with Crippen molar-refractivity contribution in [3.8, 4) is 11.4 Å². The SMILES string of the molecule is Fc1ccccc1-c1nnnn1C1CCNCC1. The minimum Gasteiger partial charge on any atom is -0.317 e. The molecule has 0 saturated carbocycles. The maximum absolute atomic E-state index is 13.8. The van der Waals surface area contributed by atoms with Gasteiger partial charge >= 0.3 is 0 Å². The summed E-state index contributed by atoms with van der Waals surface area (Å²) in [6.07, 6.45) is 1.93. The first kappa shape index (κ1) is 11.3. The van der Waals surface area contributed by atoms with Gasteiger partial charge in [-0.1, -0.05) is 12.1 Å². The van der Waals surface area contributed by atoms with Crippen molar-refractivity contribution in [2.45, 2.75) is 18.9 Å². The molecule has 1 aliphatic rings. The lowest BCUT2D eigenvalue weighted by atomic mass is 10.1. The Morgan fingerprint density at radius 1 is 1.22 bits per heavy atom. The Labute approximate surface area is 104 Å². The average molecular weight is 247 g/mol. The van der Waals surface area contributed by atoms with Crippen molar-refractivity contribution in [1.29, 1.82) is 0 Å². The second-order valence-electron chi connectivity index (χ2n) is 4.41. The third-order valence-electron chi connectivity index (χ3n) is 3.26. The number of hydrogen-bond acceptors (Lipinski definition) is 4. The molecular weight excluding hydrogens is 233 g/mol. The molecular formula is C12H14FN5. The number of piperidine rings is 1. The van der Waals surface area contributed by atoms with Crippen molar-refractivity contribution in [2.24, 2.45) is 0 Å². The number of aromatic nitrogens is 4. The van der Waals surface area contributed by atoms with Crippen LogP contribution < -0.4 is 5.32 Å². The van der Waals surface area contributed by atoms with Crippen LogP contribution in [0.1, 0.15) is 18.9 Å². The minimum atomic E-state index is -0.289. The van der Waals surface area contributed by atoms with Gasteiger partial charge in [0.1, 0.15) is 5.82 Å². The highest BCUT2D eigenvalue weighted by molar-refractivity contribution is 5.55. The smallest absolute Gasteiger partial charge is 0.185 e. The van der Waals surface area contributed by atoms with Crippen molar-refractivity contribution in [3.05, 3.63) is 30.1 Å². The predicted molar refractivity (Wildman–Crippen MR) is 64.4 cm³/mol. The molecule has 0 spiro atoms. The monoisotopic (exact) mass is 247 g/mol. The van der Waals surface area contributed by atoms with E-state index >= 15 is 0 Å². The summed E-state index contributed by atoms with van der Waals surface area (Å²) in [5, 5.41) is 15.0. The quantitative estimate of drug-likeness (QED) is 0.871. The lowest BCUT2D eigenvalue weighted by Crippen LogP contribution is -2.30. The zero-order valence-corrected chi connectivity index (χ0v) is 9.88. The van der Waals surface area contributed by atoms with Gasteiger partial charge < -0.3 is 5.32 Å². The van der Waals surface area contributed by atoms with E-state index in [4.69, 9.17) is 0 Å². The van der Waals surface area contributed by atoms with Gasteiger partial charge in [-0.25, -0.2) is 9.07 Å². The fourth-order valence-electron chi connectivity index (χ4n) is 2.31. The molecule has 2 heterocycles.